The lowest BCUT2D eigenvalue weighted by Gasteiger charge is -2.15. The highest BCUT2D eigenvalue weighted by Crippen LogP contribution is 2.40. The van der Waals surface area contributed by atoms with Gasteiger partial charge in [-0.15, -0.1) is 11.3 Å². The molecule has 1 saturated heterocycles. The van der Waals surface area contributed by atoms with Crippen LogP contribution in [0.15, 0.2) is 6.07 Å². The number of nitrogens with two attached hydrogens (primary N) is 1. The van der Waals surface area contributed by atoms with Crippen molar-refractivity contribution in [3.8, 4) is 0 Å². The first-order chi connectivity index (χ1) is 9.19. The molecule has 1 atom stereocenters. The summed E-state index contributed by atoms with van der Waals surface area (Å²) < 4.78 is 5.21. The third kappa shape index (κ3) is 2.62. The Hall–Kier alpha value is -1.07. The molecule has 0 spiro atoms. The highest BCUT2D eigenvalue weighted by Gasteiger charge is 2.33. The number of carbonyl (C=O) groups excluding carboxylic acids is 1. The molecule has 1 aromatic heterocycles. The van der Waals surface area contributed by atoms with Crippen molar-refractivity contribution < 1.29 is 9.53 Å². The van der Waals surface area contributed by atoms with Crippen molar-refractivity contribution in [1.82, 2.24) is 0 Å². The van der Waals surface area contributed by atoms with Gasteiger partial charge < -0.3 is 15.4 Å². The number of hydrogen-bond acceptors (Lipinski definition) is 5. The van der Waals surface area contributed by atoms with Crippen LogP contribution in [0, 0.1) is 11.8 Å². The van der Waals surface area contributed by atoms with Crippen molar-refractivity contribution >= 4 is 27.8 Å². The van der Waals surface area contributed by atoms with Crippen LogP contribution in [0.2, 0.25) is 0 Å². The number of carbonyl (C=O) groups is 1. The predicted molar refractivity (Wildman–Crippen MR) is 78.0 cm³/mol. The van der Waals surface area contributed by atoms with E-state index in [0.29, 0.717) is 11.6 Å². The van der Waals surface area contributed by atoms with Crippen molar-refractivity contribution in [2.24, 2.45) is 11.8 Å². The van der Waals surface area contributed by atoms with Gasteiger partial charge in [-0.1, -0.05) is 0 Å². The molecule has 2 N–H and O–H groups in total. The van der Waals surface area contributed by atoms with Crippen LogP contribution in [0.4, 0.5) is 10.7 Å². The Balaban J connectivity index is 1.72. The lowest BCUT2D eigenvalue weighted by molar-refractivity contribution is 0.0972. The van der Waals surface area contributed by atoms with Crippen LogP contribution >= 0.6 is 11.3 Å². The SMILES string of the molecule is COCC1CCN(c2cc(N)c(C(=O)C3CC3)s2)C1. The largest absolute Gasteiger partial charge is 0.397 e. The van der Waals surface area contributed by atoms with Gasteiger partial charge in [-0.3, -0.25) is 4.79 Å². The first kappa shape index (κ1) is 12.9. The molecule has 4 nitrogen and oxygen atoms in total. The van der Waals surface area contributed by atoms with Gasteiger partial charge in [0.25, 0.3) is 0 Å². The number of Topliss-reactive ketones (excluding diaryl/α,β-unsaturated/α-hetero) is 1. The lowest BCUT2D eigenvalue weighted by Crippen LogP contribution is -2.19. The molecule has 0 amide bonds. The number of rotatable bonds is 5. The molecule has 104 valence electrons. The quantitative estimate of drug-likeness (QED) is 0.841. The number of nitrogens with zero attached hydrogens (tertiary/aromatic N) is 1. The summed E-state index contributed by atoms with van der Waals surface area (Å²) in [4.78, 5) is 15.2. The molecular formula is C14H20N2O2S. The first-order valence-electron chi connectivity index (χ1n) is 6.86. The number of thiophene rings is 1. The van der Waals surface area contributed by atoms with Gasteiger partial charge in [-0.2, -0.15) is 0 Å². The molecule has 0 radical (unpaired) electrons. The van der Waals surface area contributed by atoms with Gasteiger partial charge in [0.15, 0.2) is 5.78 Å². The third-order valence-corrected chi connectivity index (χ3v) is 5.15. The number of ketones is 1. The zero-order valence-corrected chi connectivity index (χ0v) is 12.0. The van der Waals surface area contributed by atoms with Crippen LogP contribution in [0.1, 0.15) is 28.9 Å². The smallest absolute Gasteiger partial charge is 0.178 e. The van der Waals surface area contributed by atoms with E-state index in [0.717, 1.165) is 48.8 Å². The average molecular weight is 280 g/mol. The molecule has 1 saturated carbocycles. The second kappa shape index (κ2) is 5.13. The maximum absolute atomic E-state index is 12.1. The van der Waals surface area contributed by atoms with Crippen molar-refractivity contribution in [2.45, 2.75) is 19.3 Å². The van der Waals surface area contributed by atoms with Crippen molar-refractivity contribution in [2.75, 3.05) is 37.4 Å². The van der Waals surface area contributed by atoms with E-state index in [1.54, 1.807) is 18.4 Å². The molecule has 1 aliphatic carbocycles. The van der Waals surface area contributed by atoms with Crippen LogP contribution in [0.25, 0.3) is 0 Å². The summed E-state index contributed by atoms with van der Waals surface area (Å²) in [6, 6.07) is 1.97. The molecule has 1 unspecified atom stereocenters. The molecule has 2 fully saturated rings. The number of methoxy groups -OCH3 is 1. The summed E-state index contributed by atoms with van der Waals surface area (Å²) in [6.45, 7) is 2.85. The fourth-order valence-corrected chi connectivity index (χ4v) is 3.81. The predicted octanol–water partition coefficient (Wildman–Crippen LogP) is 2.40. The minimum Gasteiger partial charge on any atom is -0.397 e. The average Bonchev–Trinajstić information content (AvgIpc) is 3.02. The van der Waals surface area contributed by atoms with Crippen LogP contribution in [-0.4, -0.2) is 32.6 Å². The van der Waals surface area contributed by atoms with Gasteiger partial charge in [0.2, 0.25) is 0 Å². The first-order valence-corrected chi connectivity index (χ1v) is 7.68. The Morgan fingerprint density at radius 2 is 2.32 bits per heavy atom. The zero-order valence-electron chi connectivity index (χ0n) is 11.2. The second-order valence-electron chi connectivity index (χ2n) is 5.56. The molecule has 3 rings (SSSR count). The van der Waals surface area contributed by atoms with Crippen LogP contribution in [0.5, 0.6) is 0 Å². The monoisotopic (exact) mass is 280 g/mol. The van der Waals surface area contributed by atoms with Crippen molar-refractivity contribution in [3.63, 3.8) is 0 Å². The molecule has 19 heavy (non-hydrogen) atoms. The van der Waals surface area contributed by atoms with E-state index in [1.807, 2.05) is 6.07 Å². The Morgan fingerprint density at radius 1 is 1.53 bits per heavy atom. The lowest BCUT2D eigenvalue weighted by atomic mass is 10.1. The molecule has 1 aromatic rings. The zero-order chi connectivity index (χ0) is 13.4. The van der Waals surface area contributed by atoms with Crippen molar-refractivity contribution in [1.29, 1.82) is 0 Å². The molecule has 2 aliphatic rings. The standard InChI is InChI=1S/C14H20N2O2S/c1-18-8-9-4-5-16(7-9)12-6-11(15)14(19-12)13(17)10-2-3-10/h6,9-10H,2-5,7-8,15H2,1H3. The summed E-state index contributed by atoms with van der Waals surface area (Å²) >= 11 is 1.56. The summed E-state index contributed by atoms with van der Waals surface area (Å²) in [5.41, 5.74) is 6.67. The summed E-state index contributed by atoms with van der Waals surface area (Å²) in [5.74, 6) is 1.09. The number of hydrogen-bond donors (Lipinski definition) is 1. The number of anilines is 2. The van der Waals surface area contributed by atoms with Crippen LogP contribution in [0.3, 0.4) is 0 Å². The molecular weight excluding hydrogens is 260 g/mol. The molecule has 5 heteroatoms. The van der Waals surface area contributed by atoms with E-state index in [1.165, 1.54) is 0 Å². The summed E-state index contributed by atoms with van der Waals surface area (Å²) in [7, 11) is 1.75. The maximum Gasteiger partial charge on any atom is 0.178 e. The maximum atomic E-state index is 12.1. The summed E-state index contributed by atoms with van der Waals surface area (Å²) in [6.07, 6.45) is 3.22. The Morgan fingerprint density at radius 3 is 3.00 bits per heavy atom. The fourth-order valence-electron chi connectivity index (χ4n) is 2.68. The number of nitrogen functional groups attached to an aromatic ring is 1. The Bertz CT molecular complexity index is 482. The highest BCUT2D eigenvalue weighted by molar-refractivity contribution is 7.18. The third-order valence-electron chi connectivity index (χ3n) is 3.92. The van der Waals surface area contributed by atoms with Gasteiger partial charge in [0, 0.05) is 32.0 Å². The Labute approximate surface area is 117 Å². The van der Waals surface area contributed by atoms with E-state index in [2.05, 4.69) is 4.90 Å². The summed E-state index contributed by atoms with van der Waals surface area (Å²) in [5, 5.41) is 1.14. The van der Waals surface area contributed by atoms with Gasteiger partial charge in [-0.05, 0) is 25.3 Å². The van der Waals surface area contributed by atoms with Crippen molar-refractivity contribution in [3.05, 3.63) is 10.9 Å². The number of ether oxygens (including phenoxy) is 1. The van der Waals surface area contributed by atoms with Gasteiger partial charge >= 0.3 is 0 Å². The second-order valence-corrected chi connectivity index (χ2v) is 6.59. The van der Waals surface area contributed by atoms with E-state index in [-0.39, 0.29) is 11.7 Å². The van der Waals surface area contributed by atoms with E-state index < -0.39 is 0 Å². The fraction of sp³-hybridized carbons (Fsp3) is 0.643. The molecule has 1 aliphatic heterocycles. The minimum absolute atomic E-state index is 0.244. The Kier molecular flexibility index (Phi) is 3.50. The highest BCUT2D eigenvalue weighted by atomic mass is 32.1. The van der Waals surface area contributed by atoms with E-state index >= 15 is 0 Å². The molecule has 2 heterocycles. The van der Waals surface area contributed by atoms with Gasteiger partial charge in [0.05, 0.1) is 22.2 Å². The topological polar surface area (TPSA) is 55.6 Å². The van der Waals surface area contributed by atoms with E-state index in [9.17, 15) is 4.79 Å². The van der Waals surface area contributed by atoms with E-state index in [4.69, 9.17) is 10.5 Å². The van der Waals surface area contributed by atoms with Crippen LogP contribution in [-0.2, 0) is 4.74 Å². The minimum atomic E-state index is 0.244. The van der Waals surface area contributed by atoms with Gasteiger partial charge in [-0.25, -0.2) is 0 Å². The van der Waals surface area contributed by atoms with Gasteiger partial charge in [0.1, 0.15) is 0 Å². The molecule has 0 aromatic carbocycles. The molecule has 0 bridgehead atoms. The normalized spacial score (nSPS) is 23.0. The van der Waals surface area contributed by atoms with Crippen LogP contribution < -0.4 is 10.6 Å².